The van der Waals surface area contributed by atoms with Crippen LogP contribution in [0.3, 0.4) is 0 Å². The molecule has 0 unspecified atom stereocenters. The first-order valence-corrected chi connectivity index (χ1v) is 2.35. The highest BCUT2D eigenvalue weighted by Gasteiger charge is 2.00. The Bertz CT molecular complexity index is 60.7. The molecule has 0 aliphatic carbocycles. The quantitative estimate of drug-likeness (QED) is 0.593. The number of rotatable bonds is 0. The van der Waals surface area contributed by atoms with Gasteiger partial charge in [-0.15, -0.1) is 74.4 Å². The summed E-state index contributed by atoms with van der Waals surface area (Å²) in [5, 5.41) is 0. The van der Waals surface area contributed by atoms with Gasteiger partial charge in [-0.1, -0.05) is 0 Å². The Labute approximate surface area is 101 Å². The lowest BCUT2D eigenvalue weighted by Gasteiger charge is -1.82. The molecule has 3 N–H and O–H groups in total. The van der Waals surface area contributed by atoms with Crippen molar-refractivity contribution in [1.29, 1.82) is 0 Å². The second-order valence-corrected chi connectivity index (χ2v) is 1.54. The molecule has 80 valence electrons. The van der Waals surface area contributed by atoms with E-state index >= 15 is 0 Å². The molecule has 0 atom stereocenters. The van der Waals surface area contributed by atoms with E-state index in [0.29, 0.717) is 0 Å². The van der Waals surface area contributed by atoms with Gasteiger partial charge >= 0.3 is 7.82 Å². The molecule has 0 rings (SSSR count). The highest BCUT2D eigenvalue weighted by Crippen LogP contribution is 2.25. The molecule has 11 heteroatoms. The molecular weight excluding hydrogens is 308 g/mol. The predicted octanol–water partition coefficient (Wildman–Crippen LogP) is 1.60. The van der Waals surface area contributed by atoms with Crippen LogP contribution in [-0.2, 0) is 4.57 Å². The monoisotopic (exact) mass is 314 g/mol. The van der Waals surface area contributed by atoms with Crippen LogP contribution in [0.4, 0.5) is 0 Å². The minimum atomic E-state index is -4.64. The SMILES string of the molecule is Cl.Cl.Cl.Cl.Cl.Cl.O=P(O)(O)O. The summed E-state index contributed by atoms with van der Waals surface area (Å²) in [5.74, 6) is 0. The van der Waals surface area contributed by atoms with Crippen LogP contribution in [0, 0.1) is 0 Å². The molecule has 0 aromatic rings. The molecule has 0 fully saturated rings. The zero-order valence-corrected chi connectivity index (χ0v) is 10.4. The van der Waals surface area contributed by atoms with E-state index in [4.69, 9.17) is 19.2 Å². The molecule has 0 radical (unpaired) electrons. The Balaban J connectivity index is -0.00000000533. The van der Waals surface area contributed by atoms with Crippen molar-refractivity contribution < 1.29 is 19.2 Å². The highest BCUT2D eigenvalue weighted by molar-refractivity contribution is 7.45. The molecule has 11 heavy (non-hydrogen) atoms. The Morgan fingerprint density at radius 2 is 0.636 bits per heavy atom. The van der Waals surface area contributed by atoms with Gasteiger partial charge in [-0.05, 0) is 0 Å². The van der Waals surface area contributed by atoms with E-state index in [0.717, 1.165) is 0 Å². The topological polar surface area (TPSA) is 77.8 Å². The predicted molar refractivity (Wildman–Crippen MR) is 57.8 cm³/mol. The third-order valence-electron chi connectivity index (χ3n) is 0. The number of hydrogen-bond acceptors (Lipinski definition) is 1. The summed E-state index contributed by atoms with van der Waals surface area (Å²) in [6.45, 7) is 0. The summed E-state index contributed by atoms with van der Waals surface area (Å²) in [6.07, 6.45) is 0. The summed E-state index contributed by atoms with van der Waals surface area (Å²) < 4.78 is 8.88. The Morgan fingerprint density at radius 1 is 0.636 bits per heavy atom. The van der Waals surface area contributed by atoms with Gasteiger partial charge < -0.3 is 14.7 Å². The number of hydrogen-bond donors (Lipinski definition) is 3. The molecular formula is H9Cl6O4P. The van der Waals surface area contributed by atoms with E-state index in [1.807, 2.05) is 0 Å². The largest absolute Gasteiger partial charge is 0.466 e. The fourth-order valence-electron chi connectivity index (χ4n) is 0. The van der Waals surface area contributed by atoms with Gasteiger partial charge in [-0.25, -0.2) is 4.57 Å². The second-order valence-electron chi connectivity index (χ2n) is 0.513. The van der Waals surface area contributed by atoms with Crippen LogP contribution >= 0.6 is 82.3 Å². The molecule has 0 saturated heterocycles. The third kappa shape index (κ3) is 336. The van der Waals surface area contributed by atoms with Gasteiger partial charge in [0.1, 0.15) is 0 Å². The lowest BCUT2D eigenvalue weighted by Crippen LogP contribution is -1.66. The van der Waals surface area contributed by atoms with Crippen LogP contribution in [0.5, 0.6) is 0 Å². The summed E-state index contributed by atoms with van der Waals surface area (Å²) in [6, 6.07) is 0. The highest BCUT2D eigenvalue weighted by atomic mass is 35.5. The molecule has 0 aromatic heterocycles. The summed E-state index contributed by atoms with van der Waals surface area (Å²) in [5.41, 5.74) is 0. The van der Waals surface area contributed by atoms with Gasteiger partial charge in [-0.2, -0.15) is 0 Å². The zero-order valence-electron chi connectivity index (χ0n) is 4.65. The molecule has 0 amide bonds. The van der Waals surface area contributed by atoms with E-state index in [-0.39, 0.29) is 74.4 Å². The van der Waals surface area contributed by atoms with Crippen LogP contribution in [0.15, 0.2) is 0 Å². The lowest BCUT2D eigenvalue weighted by molar-refractivity contribution is 0.275. The maximum absolute atomic E-state index is 8.88. The molecule has 0 aromatic carbocycles. The number of halogens is 6. The maximum Gasteiger partial charge on any atom is 0.466 e. The number of phosphoric acid groups is 1. The van der Waals surface area contributed by atoms with Gasteiger partial charge in [0.15, 0.2) is 0 Å². The summed E-state index contributed by atoms with van der Waals surface area (Å²) in [4.78, 5) is 21.6. The van der Waals surface area contributed by atoms with Crippen molar-refractivity contribution in [2.24, 2.45) is 0 Å². The van der Waals surface area contributed by atoms with E-state index in [2.05, 4.69) is 0 Å². The van der Waals surface area contributed by atoms with Gasteiger partial charge in [0.05, 0.1) is 0 Å². The Hall–Kier alpha value is 1.85. The second kappa shape index (κ2) is 22.6. The fourth-order valence-corrected chi connectivity index (χ4v) is 0. The van der Waals surface area contributed by atoms with Gasteiger partial charge in [0.25, 0.3) is 0 Å². The molecule has 4 nitrogen and oxygen atoms in total. The Morgan fingerprint density at radius 3 is 0.636 bits per heavy atom. The van der Waals surface area contributed by atoms with Gasteiger partial charge in [0, 0.05) is 0 Å². The average molecular weight is 317 g/mol. The zero-order chi connectivity index (χ0) is 4.50. The first-order valence-electron chi connectivity index (χ1n) is 0.783. The van der Waals surface area contributed by atoms with E-state index in [1.165, 1.54) is 0 Å². The summed E-state index contributed by atoms with van der Waals surface area (Å²) >= 11 is 0. The normalized spacial score (nSPS) is 5.36. The smallest absolute Gasteiger partial charge is 0.303 e. The van der Waals surface area contributed by atoms with Gasteiger partial charge in [0.2, 0.25) is 0 Å². The fraction of sp³-hybridized carbons (Fsp3) is 0. The summed E-state index contributed by atoms with van der Waals surface area (Å²) in [7, 11) is -4.64. The maximum atomic E-state index is 8.88. The third-order valence-corrected chi connectivity index (χ3v) is 0. The molecule has 0 bridgehead atoms. The standard InChI is InChI=1S/6ClH.H3O4P/c;;;;;;1-5(2,3)4/h6*1H;(H3,1,2,3,4). The first-order chi connectivity index (χ1) is 2.00. The molecule has 0 aliphatic heterocycles. The minimum absolute atomic E-state index is 0. The van der Waals surface area contributed by atoms with Crippen LogP contribution < -0.4 is 0 Å². The molecule has 0 aliphatic rings. The minimum Gasteiger partial charge on any atom is -0.303 e. The van der Waals surface area contributed by atoms with Crippen molar-refractivity contribution in [3.8, 4) is 0 Å². The molecule has 0 saturated carbocycles. The van der Waals surface area contributed by atoms with E-state index in [9.17, 15) is 0 Å². The lowest BCUT2D eigenvalue weighted by atomic mass is 15.8. The van der Waals surface area contributed by atoms with Crippen LogP contribution in [-0.4, -0.2) is 14.7 Å². The van der Waals surface area contributed by atoms with Crippen LogP contribution in [0.2, 0.25) is 0 Å². The van der Waals surface area contributed by atoms with Crippen LogP contribution in [0.1, 0.15) is 0 Å². The molecule has 0 heterocycles. The Kier molecular flexibility index (Phi) is 109. The van der Waals surface area contributed by atoms with Crippen molar-refractivity contribution >= 4 is 82.3 Å². The van der Waals surface area contributed by atoms with Crippen molar-refractivity contribution in [3.05, 3.63) is 0 Å². The van der Waals surface area contributed by atoms with E-state index in [1.54, 1.807) is 0 Å². The average Bonchev–Trinajstić information content (AvgIpc) is 0.722. The van der Waals surface area contributed by atoms with Crippen molar-refractivity contribution in [2.45, 2.75) is 0 Å². The molecule has 0 spiro atoms. The van der Waals surface area contributed by atoms with Crippen molar-refractivity contribution in [3.63, 3.8) is 0 Å². The van der Waals surface area contributed by atoms with Gasteiger partial charge in [-0.3, -0.25) is 0 Å². The van der Waals surface area contributed by atoms with E-state index < -0.39 is 7.82 Å². The van der Waals surface area contributed by atoms with Crippen molar-refractivity contribution in [1.82, 2.24) is 0 Å². The van der Waals surface area contributed by atoms with Crippen molar-refractivity contribution in [2.75, 3.05) is 0 Å². The van der Waals surface area contributed by atoms with Crippen LogP contribution in [0.25, 0.3) is 0 Å². The first kappa shape index (κ1) is 52.7.